The Balaban J connectivity index is 0.000000217. The van der Waals surface area contributed by atoms with Crippen LogP contribution in [0.2, 0.25) is 0 Å². The van der Waals surface area contributed by atoms with Crippen LogP contribution in [0.25, 0.3) is 0 Å². The fraction of sp³-hybridized carbons (Fsp3) is 0.909. The Morgan fingerprint density at radius 3 is 1.75 bits per heavy atom. The van der Waals surface area contributed by atoms with E-state index in [4.69, 9.17) is 0 Å². The predicted molar refractivity (Wildman–Crippen MR) is 53.2 cm³/mol. The van der Waals surface area contributed by atoms with Gasteiger partial charge in [0.05, 0.1) is 0 Å². The van der Waals surface area contributed by atoms with Gasteiger partial charge in [-0.3, -0.25) is 4.79 Å². The lowest BCUT2D eigenvalue weighted by Crippen LogP contribution is -2.18. The van der Waals surface area contributed by atoms with Crippen molar-refractivity contribution in [2.24, 2.45) is 5.92 Å². The van der Waals surface area contributed by atoms with E-state index in [1.165, 1.54) is 25.7 Å². The molecule has 1 heteroatoms. The molecule has 0 atom stereocenters. The zero-order chi connectivity index (χ0) is 9.40. The summed E-state index contributed by atoms with van der Waals surface area (Å²) in [5.74, 6) is 0.825. The molecule has 0 N–H and O–H groups in total. The molecule has 0 aromatic rings. The Kier molecular flexibility index (Phi) is 7.12. The maximum Gasteiger partial charge on any atom is 0.132 e. The number of unbranched alkanes of at least 4 members (excludes halogenated alkanes) is 2. The van der Waals surface area contributed by atoms with Crippen LogP contribution in [0, 0.1) is 5.92 Å². The van der Waals surface area contributed by atoms with Crippen LogP contribution in [-0.4, -0.2) is 5.78 Å². The Morgan fingerprint density at radius 2 is 1.75 bits per heavy atom. The third-order valence-corrected chi connectivity index (χ3v) is 2.39. The van der Waals surface area contributed by atoms with Crippen LogP contribution in [0.15, 0.2) is 0 Å². The number of rotatable bonds is 3. The van der Waals surface area contributed by atoms with Gasteiger partial charge in [-0.1, -0.05) is 39.5 Å². The molecule has 0 aromatic heterocycles. The predicted octanol–water partition coefficient (Wildman–Crippen LogP) is 3.57. The molecule has 1 saturated carbocycles. The van der Waals surface area contributed by atoms with Crippen molar-refractivity contribution in [3.63, 3.8) is 0 Å². The molecule has 72 valence electrons. The van der Waals surface area contributed by atoms with Gasteiger partial charge in [0.1, 0.15) is 5.78 Å². The van der Waals surface area contributed by atoms with Crippen molar-refractivity contribution in [2.45, 2.75) is 59.3 Å². The van der Waals surface area contributed by atoms with E-state index in [1.807, 2.05) is 0 Å². The SMILES string of the molecule is CC(=O)C1CCC1.CCCCC. The fourth-order valence-corrected chi connectivity index (χ4v) is 1.17. The average molecular weight is 170 g/mol. The largest absolute Gasteiger partial charge is 0.300 e. The highest BCUT2D eigenvalue weighted by Crippen LogP contribution is 2.26. The summed E-state index contributed by atoms with van der Waals surface area (Å²) in [6, 6.07) is 0. The van der Waals surface area contributed by atoms with Gasteiger partial charge in [-0.15, -0.1) is 0 Å². The Morgan fingerprint density at radius 1 is 1.25 bits per heavy atom. The second-order valence-corrected chi connectivity index (χ2v) is 3.59. The van der Waals surface area contributed by atoms with E-state index in [-0.39, 0.29) is 0 Å². The molecule has 0 unspecified atom stereocenters. The van der Waals surface area contributed by atoms with Crippen molar-refractivity contribution in [2.75, 3.05) is 0 Å². The van der Waals surface area contributed by atoms with E-state index >= 15 is 0 Å². The Bertz CT molecular complexity index is 112. The molecule has 1 aliphatic carbocycles. The third kappa shape index (κ3) is 5.34. The highest BCUT2D eigenvalue weighted by atomic mass is 16.1. The molecule has 0 saturated heterocycles. The summed E-state index contributed by atoms with van der Waals surface area (Å²) in [4.78, 5) is 10.4. The number of hydrogen-bond acceptors (Lipinski definition) is 1. The van der Waals surface area contributed by atoms with E-state index in [2.05, 4.69) is 13.8 Å². The normalized spacial score (nSPS) is 15.9. The van der Waals surface area contributed by atoms with E-state index in [9.17, 15) is 4.79 Å². The van der Waals surface area contributed by atoms with Crippen LogP contribution in [0.4, 0.5) is 0 Å². The number of carbonyl (C=O) groups excluding carboxylic acids is 1. The molecule has 0 amide bonds. The Hall–Kier alpha value is -0.330. The minimum atomic E-state index is 0.381. The molecule has 0 radical (unpaired) electrons. The molecule has 12 heavy (non-hydrogen) atoms. The lowest BCUT2D eigenvalue weighted by molar-refractivity contribution is -0.122. The highest BCUT2D eigenvalue weighted by molar-refractivity contribution is 5.78. The second kappa shape index (κ2) is 7.33. The summed E-state index contributed by atoms with van der Waals surface area (Å²) < 4.78 is 0. The zero-order valence-corrected chi connectivity index (χ0v) is 8.73. The van der Waals surface area contributed by atoms with Crippen molar-refractivity contribution in [1.82, 2.24) is 0 Å². The van der Waals surface area contributed by atoms with Crippen LogP contribution < -0.4 is 0 Å². The lowest BCUT2D eigenvalue weighted by Gasteiger charge is -2.21. The van der Waals surface area contributed by atoms with Crippen molar-refractivity contribution in [3.8, 4) is 0 Å². The summed E-state index contributed by atoms with van der Waals surface area (Å²) >= 11 is 0. The minimum Gasteiger partial charge on any atom is -0.300 e. The van der Waals surface area contributed by atoms with Gasteiger partial charge in [0.25, 0.3) is 0 Å². The van der Waals surface area contributed by atoms with Crippen molar-refractivity contribution < 1.29 is 4.79 Å². The first-order chi connectivity index (χ1) is 5.72. The standard InChI is InChI=1S/C6H10O.C5H12/c1-5(7)6-3-2-4-6;1-3-5-4-2/h6H,2-4H2,1H3;3-5H2,1-2H3. The van der Waals surface area contributed by atoms with Gasteiger partial charge in [-0.05, 0) is 19.8 Å². The highest BCUT2D eigenvalue weighted by Gasteiger charge is 2.20. The molecule has 0 bridgehead atoms. The van der Waals surface area contributed by atoms with Gasteiger partial charge in [0.2, 0.25) is 0 Å². The monoisotopic (exact) mass is 170 g/mol. The van der Waals surface area contributed by atoms with Crippen LogP contribution in [-0.2, 0) is 4.79 Å². The number of carbonyl (C=O) groups is 1. The smallest absolute Gasteiger partial charge is 0.132 e. The summed E-state index contributed by atoms with van der Waals surface area (Å²) in [7, 11) is 0. The first kappa shape index (κ1) is 11.7. The van der Waals surface area contributed by atoms with Gasteiger partial charge in [-0.25, -0.2) is 0 Å². The first-order valence-electron chi connectivity index (χ1n) is 5.22. The molecule has 1 rings (SSSR count). The van der Waals surface area contributed by atoms with Crippen LogP contribution >= 0.6 is 0 Å². The number of hydrogen-bond donors (Lipinski definition) is 0. The Labute approximate surface area is 76.6 Å². The van der Waals surface area contributed by atoms with E-state index < -0.39 is 0 Å². The molecular weight excluding hydrogens is 148 g/mol. The maximum absolute atomic E-state index is 10.4. The number of ketones is 1. The molecule has 1 nitrogen and oxygen atoms in total. The van der Waals surface area contributed by atoms with E-state index in [0.717, 1.165) is 12.8 Å². The molecule has 0 heterocycles. The summed E-state index contributed by atoms with van der Waals surface area (Å²) in [6.45, 7) is 6.11. The van der Waals surface area contributed by atoms with Gasteiger partial charge in [0.15, 0.2) is 0 Å². The minimum absolute atomic E-state index is 0.381. The molecule has 0 spiro atoms. The second-order valence-electron chi connectivity index (χ2n) is 3.59. The lowest BCUT2D eigenvalue weighted by atomic mass is 9.83. The van der Waals surface area contributed by atoms with Gasteiger partial charge < -0.3 is 0 Å². The summed E-state index contributed by atoms with van der Waals surface area (Å²) in [6.07, 6.45) is 7.64. The first-order valence-corrected chi connectivity index (χ1v) is 5.22. The molecule has 1 fully saturated rings. The summed E-state index contributed by atoms with van der Waals surface area (Å²) in [5, 5.41) is 0. The van der Waals surface area contributed by atoms with Gasteiger partial charge >= 0.3 is 0 Å². The van der Waals surface area contributed by atoms with Crippen LogP contribution in [0.3, 0.4) is 0 Å². The molecule has 0 aliphatic heterocycles. The van der Waals surface area contributed by atoms with E-state index in [0.29, 0.717) is 11.7 Å². The topological polar surface area (TPSA) is 17.1 Å². The molecular formula is C11H22O. The van der Waals surface area contributed by atoms with Crippen molar-refractivity contribution >= 4 is 5.78 Å². The maximum atomic E-state index is 10.4. The average Bonchev–Trinajstić information content (AvgIpc) is 1.85. The molecule has 0 aromatic carbocycles. The van der Waals surface area contributed by atoms with Gasteiger partial charge in [-0.2, -0.15) is 0 Å². The fourth-order valence-electron chi connectivity index (χ4n) is 1.17. The van der Waals surface area contributed by atoms with Crippen LogP contribution in [0.5, 0.6) is 0 Å². The van der Waals surface area contributed by atoms with Crippen molar-refractivity contribution in [3.05, 3.63) is 0 Å². The van der Waals surface area contributed by atoms with Crippen LogP contribution in [0.1, 0.15) is 59.3 Å². The molecule has 1 aliphatic rings. The number of Topliss-reactive ketones (excluding diaryl/α,β-unsaturated/α-hetero) is 1. The third-order valence-electron chi connectivity index (χ3n) is 2.39. The summed E-state index contributed by atoms with van der Waals surface area (Å²) in [5.41, 5.74) is 0. The van der Waals surface area contributed by atoms with Gasteiger partial charge in [0, 0.05) is 5.92 Å². The quantitative estimate of drug-likeness (QED) is 0.632. The zero-order valence-electron chi connectivity index (χ0n) is 8.73. The van der Waals surface area contributed by atoms with Crippen molar-refractivity contribution in [1.29, 1.82) is 0 Å². The van der Waals surface area contributed by atoms with E-state index in [1.54, 1.807) is 6.92 Å².